The summed E-state index contributed by atoms with van der Waals surface area (Å²) in [7, 11) is 0. The first-order valence-electron chi connectivity index (χ1n) is 6.13. The Balaban J connectivity index is 1.77. The van der Waals surface area contributed by atoms with Crippen LogP contribution < -0.4 is 10.1 Å². The highest BCUT2D eigenvalue weighted by atomic mass is 19.1. The topological polar surface area (TPSA) is 67.8 Å². The minimum atomic E-state index is -1.06. The fraction of sp³-hybridized carbons (Fsp3) is 0.462. The number of hydrogen-bond donors (Lipinski definition) is 2. The molecule has 1 amide bonds. The molecule has 0 spiro atoms. The second-order valence-electron chi connectivity index (χ2n) is 4.67. The molecule has 1 aromatic rings. The van der Waals surface area contributed by atoms with Crippen molar-refractivity contribution in [2.45, 2.75) is 12.0 Å². The van der Waals surface area contributed by atoms with Crippen molar-refractivity contribution in [1.29, 1.82) is 0 Å². The maximum Gasteiger partial charge on any atom is 0.258 e. The number of rotatable bonds is 5. The molecule has 0 bridgehead atoms. The lowest BCUT2D eigenvalue weighted by Gasteiger charge is -2.20. The van der Waals surface area contributed by atoms with Gasteiger partial charge in [0.05, 0.1) is 6.61 Å². The van der Waals surface area contributed by atoms with Gasteiger partial charge in [0.15, 0.2) is 18.2 Å². The third-order valence-corrected chi connectivity index (χ3v) is 2.95. The molecule has 7 heteroatoms. The molecule has 1 saturated heterocycles. The van der Waals surface area contributed by atoms with Crippen LogP contribution in [0.4, 0.5) is 8.78 Å². The first-order valence-corrected chi connectivity index (χ1v) is 6.13. The van der Waals surface area contributed by atoms with Crippen molar-refractivity contribution in [1.82, 2.24) is 5.32 Å². The van der Waals surface area contributed by atoms with E-state index in [1.807, 2.05) is 0 Å². The lowest BCUT2D eigenvalue weighted by molar-refractivity contribution is -0.124. The summed E-state index contributed by atoms with van der Waals surface area (Å²) in [6, 6.07) is 2.82. The molecule has 5 nitrogen and oxygen atoms in total. The first kappa shape index (κ1) is 14.7. The smallest absolute Gasteiger partial charge is 0.258 e. The van der Waals surface area contributed by atoms with Crippen LogP contribution in [0.25, 0.3) is 0 Å². The Kier molecular flexibility index (Phi) is 4.51. The summed E-state index contributed by atoms with van der Waals surface area (Å²) in [6.07, 6.45) is 0.445. The van der Waals surface area contributed by atoms with Crippen LogP contribution >= 0.6 is 0 Å². The van der Waals surface area contributed by atoms with E-state index < -0.39 is 29.7 Å². The van der Waals surface area contributed by atoms with Gasteiger partial charge in [-0.2, -0.15) is 0 Å². The standard InChI is InChI=1S/C13H15F2NO4/c14-9-1-2-11(10(15)5-9)20-6-12(17)16-7-13(18)3-4-19-8-13/h1-2,5,18H,3-4,6-8H2,(H,16,17). The minimum Gasteiger partial charge on any atom is -0.481 e. The van der Waals surface area contributed by atoms with E-state index in [2.05, 4.69) is 5.32 Å². The number of amides is 1. The number of carbonyl (C=O) groups excluding carboxylic acids is 1. The van der Waals surface area contributed by atoms with Crippen molar-refractivity contribution in [3.63, 3.8) is 0 Å². The van der Waals surface area contributed by atoms with Crippen molar-refractivity contribution in [2.24, 2.45) is 0 Å². The van der Waals surface area contributed by atoms with Gasteiger partial charge in [0.2, 0.25) is 0 Å². The van der Waals surface area contributed by atoms with Gasteiger partial charge < -0.3 is 19.9 Å². The fourth-order valence-electron chi connectivity index (χ4n) is 1.79. The Labute approximate surface area is 114 Å². The van der Waals surface area contributed by atoms with Gasteiger partial charge in [0.1, 0.15) is 11.4 Å². The molecule has 1 heterocycles. The second kappa shape index (κ2) is 6.15. The van der Waals surface area contributed by atoms with Gasteiger partial charge in [0, 0.05) is 25.6 Å². The molecule has 1 aliphatic rings. The number of hydrogen-bond acceptors (Lipinski definition) is 4. The summed E-state index contributed by atoms with van der Waals surface area (Å²) in [5, 5.41) is 12.4. The molecule has 1 unspecified atom stereocenters. The van der Waals surface area contributed by atoms with Gasteiger partial charge in [-0.3, -0.25) is 4.79 Å². The summed E-state index contributed by atoms with van der Waals surface area (Å²) >= 11 is 0. The van der Waals surface area contributed by atoms with Crippen LogP contribution in [0.3, 0.4) is 0 Å². The lowest BCUT2D eigenvalue weighted by Crippen LogP contribution is -2.44. The van der Waals surface area contributed by atoms with Gasteiger partial charge in [-0.15, -0.1) is 0 Å². The molecule has 1 aromatic carbocycles. The number of nitrogens with one attached hydrogen (secondary N) is 1. The molecular formula is C13H15F2NO4. The monoisotopic (exact) mass is 287 g/mol. The largest absolute Gasteiger partial charge is 0.481 e. The average Bonchev–Trinajstić information content (AvgIpc) is 2.83. The highest BCUT2D eigenvalue weighted by Crippen LogP contribution is 2.18. The maximum atomic E-state index is 13.2. The zero-order valence-electron chi connectivity index (χ0n) is 10.7. The van der Waals surface area contributed by atoms with Crippen molar-refractivity contribution >= 4 is 5.91 Å². The number of carbonyl (C=O) groups is 1. The van der Waals surface area contributed by atoms with E-state index in [9.17, 15) is 18.7 Å². The predicted molar refractivity (Wildman–Crippen MR) is 65.2 cm³/mol. The van der Waals surface area contributed by atoms with E-state index in [0.717, 1.165) is 12.1 Å². The quantitative estimate of drug-likeness (QED) is 0.832. The minimum absolute atomic E-state index is 0.0428. The summed E-state index contributed by atoms with van der Waals surface area (Å²) in [6.45, 7) is 0.241. The van der Waals surface area contributed by atoms with E-state index in [-0.39, 0.29) is 18.9 Å². The van der Waals surface area contributed by atoms with Crippen molar-refractivity contribution in [3.8, 4) is 5.75 Å². The SMILES string of the molecule is O=C(COc1ccc(F)cc1F)NCC1(O)CCOC1. The Hall–Kier alpha value is -1.73. The predicted octanol–water partition coefficient (Wildman–Crippen LogP) is 0.611. The molecule has 0 aromatic heterocycles. The molecule has 1 atom stereocenters. The third-order valence-electron chi connectivity index (χ3n) is 2.95. The van der Waals surface area contributed by atoms with Crippen LogP contribution in [-0.4, -0.2) is 43.0 Å². The second-order valence-corrected chi connectivity index (χ2v) is 4.67. The molecule has 2 N–H and O–H groups in total. The van der Waals surface area contributed by atoms with E-state index in [0.29, 0.717) is 19.1 Å². The first-order chi connectivity index (χ1) is 9.48. The Morgan fingerprint density at radius 3 is 2.95 bits per heavy atom. The van der Waals surface area contributed by atoms with Crippen LogP contribution in [0.15, 0.2) is 18.2 Å². The third kappa shape index (κ3) is 3.88. The molecule has 0 saturated carbocycles. The van der Waals surface area contributed by atoms with E-state index in [1.165, 1.54) is 0 Å². The van der Waals surface area contributed by atoms with E-state index in [4.69, 9.17) is 9.47 Å². The highest BCUT2D eigenvalue weighted by molar-refractivity contribution is 5.77. The number of aliphatic hydroxyl groups is 1. The van der Waals surface area contributed by atoms with Crippen molar-refractivity contribution < 1.29 is 28.2 Å². The molecule has 2 rings (SSSR count). The molecular weight excluding hydrogens is 272 g/mol. The van der Waals surface area contributed by atoms with Gasteiger partial charge >= 0.3 is 0 Å². The molecule has 0 aliphatic carbocycles. The van der Waals surface area contributed by atoms with Crippen LogP contribution in [0, 0.1) is 11.6 Å². The van der Waals surface area contributed by atoms with Crippen LogP contribution in [-0.2, 0) is 9.53 Å². The van der Waals surface area contributed by atoms with Crippen molar-refractivity contribution in [3.05, 3.63) is 29.8 Å². The van der Waals surface area contributed by atoms with Crippen LogP contribution in [0.2, 0.25) is 0 Å². The number of halogens is 2. The van der Waals surface area contributed by atoms with Gasteiger partial charge in [0.25, 0.3) is 5.91 Å². The fourth-order valence-corrected chi connectivity index (χ4v) is 1.79. The van der Waals surface area contributed by atoms with Gasteiger partial charge in [-0.25, -0.2) is 8.78 Å². The Morgan fingerprint density at radius 1 is 1.50 bits per heavy atom. The molecule has 1 fully saturated rings. The molecule has 1 aliphatic heterocycles. The summed E-state index contributed by atoms with van der Waals surface area (Å²) < 4.78 is 35.9. The average molecular weight is 287 g/mol. The van der Waals surface area contributed by atoms with Gasteiger partial charge in [-0.1, -0.05) is 0 Å². The zero-order valence-corrected chi connectivity index (χ0v) is 10.7. The number of ether oxygens (including phenoxy) is 2. The van der Waals surface area contributed by atoms with Gasteiger partial charge in [-0.05, 0) is 12.1 Å². The number of benzene rings is 1. The van der Waals surface area contributed by atoms with Crippen LogP contribution in [0.5, 0.6) is 5.75 Å². The zero-order chi connectivity index (χ0) is 14.6. The highest BCUT2D eigenvalue weighted by Gasteiger charge is 2.32. The lowest BCUT2D eigenvalue weighted by atomic mass is 10.0. The maximum absolute atomic E-state index is 13.2. The Bertz CT molecular complexity index is 489. The van der Waals surface area contributed by atoms with E-state index in [1.54, 1.807) is 0 Å². The molecule has 20 heavy (non-hydrogen) atoms. The summed E-state index contributed by atoms with van der Waals surface area (Å²) in [5.74, 6) is -2.30. The van der Waals surface area contributed by atoms with Crippen LogP contribution in [0.1, 0.15) is 6.42 Å². The van der Waals surface area contributed by atoms with E-state index >= 15 is 0 Å². The summed E-state index contributed by atoms with van der Waals surface area (Å²) in [4.78, 5) is 11.5. The molecule has 110 valence electrons. The normalized spacial score (nSPS) is 21.8. The Morgan fingerprint density at radius 2 is 2.30 bits per heavy atom. The van der Waals surface area contributed by atoms with Crippen molar-refractivity contribution in [2.75, 3.05) is 26.4 Å². The summed E-state index contributed by atoms with van der Waals surface area (Å²) in [5.41, 5.74) is -1.06. The molecule has 0 radical (unpaired) electrons.